The fraction of sp³-hybridized carbons (Fsp3) is 0.364. The first-order chi connectivity index (χ1) is 8.28. The van der Waals surface area contributed by atoms with Gasteiger partial charge in [-0.2, -0.15) is 0 Å². The third kappa shape index (κ3) is 3.17. The second kappa shape index (κ2) is 5.29. The highest BCUT2D eigenvalue weighted by molar-refractivity contribution is 5.32. The van der Waals surface area contributed by atoms with Crippen molar-refractivity contribution in [3.63, 3.8) is 0 Å². The number of aromatic amines is 2. The lowest BCUT2D eigenvalue weighted by molar-refractivity contribution is 0.891. The first-order valence-corrected chi connectivity index (χ1v) is 5.60. The number of rotatable bonds is 5. The van der Waals surface area contributed by atoms with Gasteiger partial charge in [0.15, 0.2) is 0 Å². The van der Waals surface area contributed by atoms with Crippen LogP contribution in [0.25, 0.3) is 0 Å². The van der Waals surface area contributed by atoms with Gasteiger partial charge in [-0.05, 0) is 0 Å². The van der Waals surface area contributed by atoms with Gasteiger partial charge in [-0.15, -0.1) is 0 Å². The SMILES string of the molecule is CCc1nc(NCCc2ncc[nH]2)cc(=O)[nH]1. The molecule has 3 N–H and O–H groups in total. The maximum absolute atomic E-state index is 11.3. The molecular weight excluding hydrogens is 218 g/mol. The standard InChI is InChI=1S/C11H15N5O/c1-2-8-15-10(7-11(17)16-8)12-4-3-9-13-5-6-14-9/h5-7H,2-4H2,1H3,(H,13,14)(H2,12,15,16,17). The summed E-state index contributed by atoms with van der Waals surface area (Å²) >= 11 is 0. The van der Waals surface area contributed by atoms with Crippen LogP contribution in [-0.2, 0) is 12.8 Å². The Labute approximate surface area is 98.5 Å². The van der Waals surface area contributed by atoms with Gasteiger partial charge in [0.05, 0.1) is 0 Å². The van der Waals surface area contributed by atoms with Gasteiger partial charge in [0, 0.05) is 37.8 Å². The van der Waals surface area contributed by atoms with Gasteiger partial charge in [0.25, 0.3) is 5.56 Å². The number of nitrogens with one attached hydrogen (secondary N) is 3. The number of imidazole rings is 1. The van der Waals surface area contributed by atoms with Crippen LogP contribution < -0.4 is 10.9 Å². The van der Waals surface area contributed by atoms with Crippen molar-refractivity contribution in [3.8, 4) is 0 Å². The quantitative estimate of drug-likeness (QED) is 0.710. The summed E-state index contributed by atoms with van der Waals surface area (Å²) in [6.45, 7) is 2.64. The topological polar surface area (TPSA) is 86.5 Å². The first-order valence-electron chi connectivity index (χ1n) is 5.60. The van der Waals surface area contributed by atoms with E-state index in [1.807, 2.05) is 6.92 Å². The Kier molecular flexibility index (Phi) is 3.54. The molecule has 0 bridgehead atoms. The summed E-state index contributed by atoms with van der Waals surface area (Å²) in [5.74, 6) is 2.22. The van der Waals surface area contributed by atoms with Gasteiger partial charge in [-0.25, -0.2) is 9.97 Å². The molecule has 0 aliphatic carbocycles. The largest absolute Gasteiger partial charge is 0.369 e. The molecule has 90 valence electrons. The maximum atomic E-state index is 11.3. The molecule has 0 fully saturated rings. The van der Waals surface area contributed by atoms with Crippen LogP contribution in [0.3, 0.4) is 0 Å². The molecule has 0 aromatic carbocycles. The van der Waals surface area contributed by atoms with Crippen molar-refractivity contribution in [1.82, 2.24) is 19.9 Å². The zero-order valence-corrected chi connectivity index (χ0v) is 9.66. The van der Waals surface area contributed by atoms with Crippen molar-refractivity contribution < 1.29 is 0 Å². The molecule has 17 heavy (non-hydrogen) atoms. The lowest BCUT2D eigenvalue weighted by Gasteiger charge is -2.05. The van der Waals surface area contributed by atoms with Crippen molar-refractivity contribution in [2.24, 2.45) is 0 Å². The Hall–Kier alpha value is -2.11. The molecule has 0 saturated carbocycles. The van der Waals surface area contributed by atoms with Gasteiger partial charge in [-0.1, -0.05) is 6.92 Å². The number of hydrogen-bond donors (Lipinski definition) is 3. The minimum atomic E-state index is -0.127. The Morgan fingerprint density at radius 1 is 1.41 bits per heavy atom. The van der Waals surface area contributed by atoms with Gasteiger partial charge >= 0.3 is 0 Å². The fourth-order valence-electron chi connectivity index (χ4n) is 1.51. The molecule has 2 aromatic heterocycles. The highest BCUT2D eigenvalue weighted by Crippen LogP contribution is 2.00. The summed E-state index contributed by atoms with van der Waals surface area (Å²) in [7, 11) is 0. The monoisotopic (exact) mass is 233 g/mol. The van der Waals surface area contributed by atoms with Gasteiger partial charge in [-0.3, -0.25) is 4.79 Å². The minimum Gasteiger partial charge on any atom is -0.369 e. The highest BCUT2D eigenvalue weighted by atomic mass is 16.1. The number of aryl methyl sites for hydroxylation is 1. The highest BCUT2D eigenvalue weighted by Gasteiger charge is 2.00. The number of nitrogens with zero attached hydrogens (tertiary/aromatic N) is 2. The molecule has 0 radical (unpaired) electrons. The molecule has 0 atom stereocenters. The van der Waals surface area contributed by atoms with Crippen LogP contribution in [0.4, 0.5) is 5.82 Å². The van der Waals surface area contributed by atoms with E-state index in [-0.39, 0.29) is 5.56 Å². The van der Waals surface area contributed by atoms with E-state index in [9.17, 15) is 4.79 Å². The van der Waals surface area contributed by atoms with Crippen LogP contribution in [0.15, 0.2) is 23.3 Å². The van der Waals surface area contributed by atoms with E-state index in [1.54, 1.807) is 12.4 Å². The van der Waals surface area contributed by atoms with Crippen molar-refractivity contribution in [2.75, 3.05) is 11.9 Å². The molecule has 0 aliphatic rings. The summed E-state index contributed by atoms with van der Waals surface area (Å²) in [4.78, 5) is 25.4. The zero-order valence-electron chi connectivity index (χ0n) is 9.66. The Bertz CT molecular complexity index is 517. The van der Waals surface area contributed by atoms with Crippen molar-refractivity contribution in [2.45, 2.75) is 19.8 Å². The second-order valence-electron chi connectivity index (χ2n) is 3.64. The Balaban J connectivity index is 1.94. The lowest BCUT2D eigenvalue weighted by Crippen LogP contribution is -2.15. The molecule has 0 spiro atoms. The molecule has 0 saturated heterocycles. The van der Waals surface area contributed by atoms with E-state index in [0.717, 1.165) is 12.2 Å². The summed E-state index contributed by atoms with van der Waals surface area (Å²) in [5.41, 5.74) is -0.127. The molecule has 0 aliphatic heterocycles. The average Bonchev–Trinajstić information content (AvgIpc) is 2.81. The third-order valence-electron chi connectivity index (χ3n) is 2.35. The number of aromatic nitrogens is 4. The lowest BCUT2D eigenvalue weighted by atomic mass is 10.4. The third-order valence-corrected chi connectivity index (χ3v) is 2.35. The molecule has 2 heterocycles. The summed E-state index contributed by atoms with van der Waals surface area (Å²) in [6, 6.07) is 1.46. The Morgan fingerprint density at radius 3 is 3.00 bits per heavy atom. The van der Waals surface area contributed by atoms with E-state index in [2.05, 4.69) is 25.3 Å². The van der Waals surface area contributed by atoms with E-state index in [1.165, 1.54) is 6.07 Å². The zero-order chi connectivity index (χ0) is 12.1. The van der Waals surface area contributed by atoms with Crippen LogP contribution in [0.5, 0.6) is 0 Å². The van der Waals surface area contributed by atoms with E-state index in [4.69, 9.17) is 0 Å². The summed E-state index contributed by atoms with van der Waals surface area (Å²) in [5, 5.41) is 3.11. The van der Waals surface area contributed by atoms with Crippen LogP contribution in [0.2, 0.25) is 0 Å². The maximum Gasteiger partial charge on any atom is 0.252 e. The molecule has 2 rings (SSSR count). The van der Waals surface area contributed by atoms with Gasteiger partial charge in [0.1, 0.15) is 17.5 Å². The second-order valence-corrected chi connectivity index (χ2v) is 3.64. The number of H-pyrrole nitrogens is 2. The predicted molar refractivity (Wildman–Crippen MR) is 65.0 cm³/mol. The van der Waals surface area contributed by atoms with Crippen LogP contribution in [-0.4, -0.2) is 26.5 Å². The number of hydrogen-bond acceptors (Lipinski definition) is 4. The first kappa shape index (κ1) is 11.4. The van der Waals surface area contributed by atoms with Crippen LogP contribution >= 0.6 is 0 Å². The molecule has 0 amide bonds. The number of anilines is 1. The summed E-state index contributed by atoms with van der Waals surface area (Å²) in [6.07, 6.45) is 4.98. The minimum absolute atomic E-state index is 0.127. The van der Waals surface area contributed by atoms with Crippen molar-refractivity contribution >= 4 is 5.82 Å². The van der Waals surface area contributed by atoms with Gasteiger partial charge in [0.2, 0.25) is 0 Å². The smallest absolute Gasteiger partial charge is 0.252 e. The van der Waals surface area contributed by atoms with Crippen LogP contribution in [0, 0.1) is 0 Å². The van der Waals surface area contributed by atoms with Crippen molar-refractivity contribution in [1.29, 1.82) is 0 Å². The van der Waals surface area contributed by atoms with E-state index >= 15 is 0 Å². The molecule has 6 heteroatoms. The fourth-order valence-corrected chi connectivity index (χ4v) is 1.51. The molecule has 0 unspecified atom stereocenters. The van der Waals surface area contributed by atoms with E-state index < -0.39 is 0 Å². The van der Waals surface area contributed by atoms with Crippen LogP contribution in [0.1, 0.15) is 18.6 Å². The van der Waals surface area contributed by atoms with E-state index in [0.29, 0.717) is 24.6 Å². The average molecular weight is 233 g/mol. The van der Waals surface area contributed by atoms with Gasteiger partial charge < -0.3 is 15.3 Å². The normalized spacial score (nSPS) is 10.4. The Morgan fingerprint density at radius 2 is 2.29 bits per heavy atom. The molecular formula is C11H15N5O. The van der Waals surface area contributed by atoms with Crippen molar-refractivity contribution in [3.05, 3.63) is 40.5 Å². The molecule has 2 aromatic rings. The molecule has 6 nitrogen and oxygen atoms in total. The summed E-state index contributed by atoms with van der Waals surface area (Å²) < 4.78 is 0. The predicted octanol–water partition coefficient (Wildman–Crippen LogP) is 0.710.